The van der Waals surface area contributed by atoms with E-state index in [9.17, 15) is 4.79 Å². The molecule has 0 aliphatic heterocycles. The quantitative estimate of drug-likeness (QED) is 0.900. The zero-order chi connectivity index (χ0) is 12.2. The minimum Gasteiger partial charge on any atom is -0.352 e. The van der Waals surface area contributed by atoms with Gasteiger partial charge in [-0.3, -0.25) is 4.79 Å². The zero-order valence-corrected chi connectivity index (χ0v) is 11.6. The molecule has 1 aromatic rings. The van der Waals surface area contributed by atoms with Gasteiger partial charge in [-0.1, -0.05) is 54.9 Å². The van der Waals surface area contributed by atoms with Crippen LogP contribution in [0.3, 0.4) is 0 Å². The molecular formula is C13H18BrNO. The molecule has 0 atom stereocenters. The molecule has 2 nitrogen and oxygen atoms in total. The number of hydrogen-bond donors (Lipinski definition) is 1. The van der Waals surface area contributed by atoms with Crippen LogP contribution in [0, 0.1) is 5.41 Å². The van der Waals surface area contributed by atoms with E-state index in [2.05, 4.69) is 21.2 Å². The Kier molecular flexibility index (Phi) is 4.54. The third-order valence-corrected chi connectivity index (χ3v) is 3.67. The SMILES string of the molecule is CCC(C)(C)C(=O)NCc1ccccc1Br. The molecule has 0 radical (unpaired) electrons. The lowest BCUT2D eigenvalue weighted by Crippen LogP contribution is -2.36. The molecule has 0 saturated carbocycles. The smallest absolute Gasteiger partial charge is 0.225 e. The van der Waals surface area contributed by atoms with Crippen molar-refractivity contribution in [3.05, 3.63) is 34.3 Å². The monoisotopic (exact) mass is 283 g/mol. The molecule has 0 aliphatic carbocycles. The summed E-state index contributed by atoms with van der Waals surface area (Å²) in [7, 11) is 0. The first kappa shape index (κ1) is 13.2. The first-order valence-corrected chi connectivity index (χ1v) is 6.28. The minimum absolute atomic E-state index is 0.103. The molecule has 0 bridgehead atoms. The fourth-order valence-corrected chi connectivity index (χ4v) is 1.64. The average Bonchev–Trinajstić information content (AvgIpc) is 2.27. The van der Waals surface area contributed by atoms with Crippen LogP contribution in [0.2, 0.25) is 0 Å². The number of halogens is 1. The van der Waals surface area contributed by atoms with E-state index >= 15 is 0 Å². The lowest BCUT2D eigenvalue weighted by Gasteiger charge is -2.21. The fraction of sp³-hybridized carbons (Fsp3) is 0.462. The molecule has 0 heterocycles. The first-order valence-electron chi connectivity index (χ1n) is 5.49. The Hall–Kier alpha value is -0.830. The van der Waals surface area contributed by atoms with Gasteiger partial charge in [0.2, 0.25) is 5.91 Å². The van der Waals surface area contributed by atoms with E-state index in [0.29, 0.717) is 6.54 Å². The van der Waals surface area contributed by atoms with Gasteiger partial charge in [0.05, 0.1) is 0 Å². The third kappa shape index (κ3) is 3.34. The second-order valence-electron chi connectivity index (χ2n) is 4.51. The van der Waals surface area contributed by atoms with Gasteiger partial charge in [0.1, 0.15) is 0 Å². The van der Waals surface area contributed by atoms with Crippen molar-refractivity contribution in [2.45, 2.75) is 33.7 Å². The summed E-state index contributed by atoms with van der Waals surface area (Å²) < 4.78 is 1.03. The van der Waals surface area contributed by atoms with Crippen molar-refractivity contribution in [3.8, 4) is 0 Å². The third-order valence-electron chi connectivity index (χ3n) is 2.90. The van der Waals surface area contributed by atoms with Crippen LogP contribution in [-0.2, 0) is 11.3 Å². The van der Waals surface area contributed by atoms with Crippen molar-refractivity contribution >= 4 is 21.8 Å². The number of hydrogen-bond acceptors (Lipinski definition) is 1. The van der Waals surface area contributed by atoms with Gasteiger partial charge in [0, 0.05) is 16.4 Å². The number of rotatable bonds is 4. The van der Waals surface area contributed by atoms with Crippen molar-refractivity contribution in [2.24, 2.45) is 5.41 Å². The maximum absolute atomic E-state index is 11.9. The van der Waals surface area contributed by atoms with Gasteiger partial charge in [0.25, 0.3) is 0 Å². The summed E-state index contributed by atoms with van der Waals surface area (Å²) in [6.45, 7) is 6.52. The number of benzene rings is 1. The fourth-order valence-electron chi connectivity index (χ4n) is 1.22. The summed E-state index contributed by atoms with van der Waals surface area (Å²) in [6, 6.07) is 7.92. The Morgan fingerprint density at radius 3 is 2.56 bits per heavy atom. The molecular weight excluding hydrogens is 266 g/mol. The highest BCUT2D eigenvalue weighted by molar-refractivity contribution is 9.10. The first-order chi connectivity index (χ1) is 7.47. The highest BCUT2D eigenvalue weighted by Crippen LogP contribution is 2.20. The lowest BCUT2D eigenvalue weighted by atomic mass is 9.89. The Morgan fingerprint density at radius 1 is 1.38 bits per heavy atom. The molecule has 88 valence electrons. The van der Waals surface area contributed by atoms with Crippen molar-refractivity contribution in [1.82, 2.24) is 5.32 Å². The summed E-state index contributed by atoms with van der Waals surface area (Å²) in [5, 5.41) is 2.96. The Balaban J connectivity index is 2.59. The van der Waals surface area contributed by atoms with Gasteiger partial charge in [-0.05, 0) is 18.1 Å². The molecule has 3 heteroatoms. The second kappa shape index (κ2) is 5.48. The molecule has 1 N–H and O–H groups in total. The van der Waals surface area contributed by atoms with Crippen LogP contribution in [-0.4, -0.2) is 5.91 Å². The Morgan fingerprint density at radius 2 is 2.00 bits per heavy atom. The predicted molar refractivity (Wildman–Crippen MR) is 70.1 cm³/mol. The normalized spacial score (nSPS) is 11.2. The van der Waals surface area contributed by atoms with E-state index in [4.69, 9.17) is 0 Å². The molecule has 16 heavy (non-hydrogen) atoms. The minimum atomic E-state index is -0.290. The van der Waals surface area contributed by atoms with Gasteiger partial charge in [-0.25, -0.2) is 0 Å². The van der Waals surface area contributed by atoms with Crippen LogP contribution < -0.4 is 5.32 Å². The summed E-state index contributed by atoms with van der Waals surface area (Å²) in [5.74, 6) is 0.103. The molecule has 1 amide bonds. The number of carbonyl (C=O) groups is 1. The summed E-state index contributed by atoms with van der Waals surface area (Å²) in [4.78, 5) is 11.9. The lowest BCUT2D eigenvalue weighted by molar-refractivity contribution is -0.129. The molecule has 0 fully saturated rings. The van der Waals surface area contributed by atoms with Crippen LogP contribution in [0.5, 0.6) is 0 Å². The van der Waals surface area contributed by atoms with E-state index in [1.54, 1.807) is 0 Å². The maximum Gasteiger partial charge on any atom is 0.225 e. The summed E-state index contributed by atoms with van der Waals surface area (Å²) in [5.41, 5.74) is 0.809. The zero-order valence-electron chi connectivity index (χ0n) is 10.0. The maximum atomic E-state index is 11.9. The summed E-state index contributed by atoms with van der Waals surface area (Å²) in [6.07, 6.45) is 0.842. The van der Waals surface area contributed by atoms with Gasteiger partial charge >= 0.3 is 0 Å². The van der Waals surface area contributed by atoms with E-state index in [0.717, 1.165) is 16.5 Å². The molecule has 1 aromatic carbocycles. The Bertz CT molecular complexity index is 374. The predicted octanol–water partition coefficient (Wildman–Crippen LogP) is 3.50. The van der Waals surface area contributed by atoms with Crippen LogP contribution in [0.15, 0.2) is 28.7 Å². The van der Waals surface area contributed by atoms with E-state index in [-0.39, 0.29) is 11.3 Å². The Labute approximate surface area is 106 Å². The van der Waals surface area contributed by atoms with Gasteiger partial charge in [-0.2, -0.15) is 0 Å². The van der Waals surface area contributed by atoms with Crippen molar-refractivity contribution in [3.63, 3.8) is 0 Å². The standard InChI is InChI=1S/C13H18BrNO/c1-4-13(2,3)12(16)15-9-10-7-5-6-8-11(10)14/h5-8H,4,9H2,1-3H3,(H,15,16). The van der Waals surface area contributed by atoms with Crippen molar-refractivity contribution < 1.29 is 4.79 Å². The second-order valence-corrected chi connectivity index (χ2v) is 5.37. The topological polar surface area (TPSA) is 29.1 Å². The largest absolute Gasteiger partial charge is 0.352 e. The van der Waals surface area contributed by atoms with E-state index in [1.165, 1.54) is 0 Å². The highest BCUT2D eigenvalue weighted by Gasteiger charge is 2.24. The number of amides is 1. The molecule has 0 saturated heterocycles. The molecule has 0 spiro atoms. The van der Waals surface area contributed by atoms with Crippen molar-refractivity contribution in [1.29, 1.82) is 0 Å². The molecule has 0 unspecified atom stereocenters. The average molecular weight is 284 g/mol. The van der Waals surface area contributed by atoms with Gasteiger partial charge in [0.15, 0.2) is 0 Å². The van der Waals surface area contributed by atoms with E-state index < -0.39 is 0 Å². The van der Waals surface area contributed by atoms with Crippen LogP contribution in [0.25, 0.3) is 0 Å². The number of carbonyl (C=O) groups excluding carboxylic acids is 1. The molecule has 0 aromatic heterocycles. The van der Waals surface area contributed by atoms with Gasteiger partial charge in [-0.15, -0.1) is 0 Å². The molecule has 0 aliphatic rings. The van der Waals surface area contributed by atoms with Crippen LogP contribution >= 0.6 is 15.9 Å². The van der Waals surface area contributed by atoms with Crippen LogP contribution in [0.1, 0.15) is 32.8 Å². The summed E-state index contributed by atoms with van der Waals surface area (Å²) >= 11 is 3.46. The number of nitrogens with one attached hydrogen (secondary N) is 1. The van der Waals surface area contributed by atoms with Crippen molar-refractivity contribution in [2.75, 3.05) is 0 Å². The van der Waals surface area contributed by atoms with E-state index in [1.807, 2.05) is 45.0 Å². The van der Waals surface area contributed by atoms with Gasteiger partial charge < -0.3 is 5.32 Å². The highest BCUT2D eigenvalue weighted by atomic mass is 79.9. The van der Waals surface area contributed by atoms with Crippen LogP contribution in [0.4, 0.5) is 0 Å². The molecule has 1 rings (SSSR count).